The van der Waals surface area contributed by atoms with Crippen molar-refractivity contribution in [1.82, 2.24) is 15.2 Å². The van der Waals surface area contributed by atoms with Crippen molar-refractivity contribution in [2.24, 2.45) is 4.99 Å². The molecule has 0 spiro atoms. The second-order valence-electron chi connectivity index (χ2n) is 7.93. The number of guanidine groups is 1. The summed E-state index contributed by atoms with van der Waals surface area (Å²) in [6.07, 6.45) is 0.887. The Bertz CT molecular complexity index is 826. The highest BCUT2D eigenvalue weighted by Gasteiger charge is 2.17. The predicted octanol–water partition coefficient (Wildman–Crippen LogP) is 3.46. The first-order chi connectivity index (χ1) is 13.4. The molecule has 6 nitrogen and oxygen atoms in total. The minimum absolute atomic E-state index is 0.0993. The summed E-state index contributed by atoms with van der Waals surface area (Å²) in [6, 6.07) is 6.09. The monoisotopic (exact) mass is 402 g/mol. The third-order valence-electron chi connectivity index (χ3n) is 4.54. The summed E-state index contributed by atoms with van der Waals surface area (Å²) in [6.45, 7) is 9.33. The molecule has 0 saturated carbocycles. The third kappa shape index (κ3) is 5.16. The summed E-state index contributed by atoms with van der Waals surface area (Å²) in [4.78, 5) is 11.3. The first-order valence-electron chi connectivity index (χ1n) is 9.62. The number of nitrogens with zero attached hydrogens (tertiary/aromatic N) is 3. The van der Waals surface area contributed by atoms with Gasteiger partial charge in [0.25, 0.3) is 0 Å². The van der Waals surface area contributed by atoms with Crippen LogP contribution in [0.5, 0.6) is 11.5 Å². The van der Waals surface area contributed by atoms with Crippen molar-refractivity contribution in [3.05, 3.63) is 39.8 Å². The Kier molecular flexibility index (Phi) is 6.44. The molecule has 1 aliphatic rings. The molecule has 0 fully saturated rings. The van der Waals surface area contributed by atoms with E-state index in [1.807, 2.05) is 26.2 Å². The molecule has 0 saturated heterocycles. The van der Waals surface area contributed by atoms with Crippen LogP contribution >= 0.6 is 11.3 Å². The van der Waals surface area contributed by atoms with E-state index < -0.39 is 0 Å². The molecule has 0 radical (unpaired) electrons. The zero-order valence-electron chi connectivity index (χ0n) is 17.4. The van der Waals surface area contributed by atoms with E-state index in [0.29, 0.717) is 13.2 Å². The van der Waals surface area contributed by atoms with Crippen LogP contribution < -0.4 is 14.8 Å². The van der Waals surface area contributed by atoms with Crippen molar-refractivity contribution in [1.29, 1.82) is 0 Å². The molecule has 1 N–H and O–H groups in total. The summed E-state index contributed by atoms with van der Waals surface area (Å²) in [5.41, 5.74) is 2.42. The number of rotatable bonds is 5. The molecule has 1 aliphatic heterocycles. The molecule has 2 aromatic rings. The Hall–Kier alpha value is -2.28. The standard InChI is InChI=1S/C21H30N4O2S/c1-21(2,3)18-14-28-19(24-18)8-9-23-20(22-4)25(5)13-15-6-7-16-17(12-15)27-11-10-26-16/h6-7,12,14H,8-11,13H2,1-5H3,(H,22,23). The molecule has 1 aromatic heterocycles. The van der Waals surface area contributed by atoms with Crippen LogP contribution in [0.2, 0.25) is 0 Å². The lowest BCUT2D eigenvalue weighted by Crippen LogP contribution is -2.39. The molecule has 0 unspecified atom stereocenters. The summed E-state index contributed by atoms with van der Waals surface area (Å²) in [7, 11) is 3.84. The molecular weight excluding hydrogens is 372 g/mol. The highest BCUT2D eigenvalue weighted by atomic mass is 32.1. The third-order valence-corrected chi connectivity index (χ3v) is 5.45. The number of benzene rings is 1. The minimum atomic E-state index is 0.0993. The number of fused-ring (bicyclic) bond motifs is 1. The van der Waals surface area contributed by atoms with Crippen LogP contribution in [0.3, 0.4) is 0 Å². The van der Waals surface area contributed by atoms with Gasteiger partial charge in [0.15, 0.2) is 17.5 Å². The van der Waals surface area contributed by atoms with E-state index in [4.69, 9.17) is 14.5 Å². The largest absolute Gasteiger partial charge is 0.486 e. The smallest absolute Gasteiger partial charge is 0.193 e. The van der Waals surface area contributed by atoms with Crippen LogP contribution in [0.15, 0.2) is 28.6 Å². The van der Waals surface area contributed by atoms with Crippen LogP contribution in [-0.2, 0) is 18.4 Å². The fraction of sp³-hybridized carbons (Fsp3) is 0.524. The SMILES string of the molecule is CN=C(NCCc1nc(C(C)(C)C)cs1)N(C)Cc1ccc2c(c1)OCCO2. The van der Waals surface area contributed by atoms with Crippen LogP contribution in [0.25, 0.3) is 0 Å². The molecule has 0 amide bonds. The van der Waals surface area contributed by atoms with E-state index in [1.165, 1.54) is 0 Å². The van der Waals surface area contributed by atoms with Crippen molar-refractivity contribution in [3.63, 3.8) is 0 Å². The molecule has 0 aliphatic carbocycles. The van der Waals surface area contributed by atoms with Gasteiger partial charge in [0.1, 0.15) is 13.2 Å². The van der Waals surface area contributed by atoms with Crippen molar-refractivity contribution in [3.8, 4) is 11.5 Å². The summed E-state index contributed by atoms with van der Waals surface area (Å²) >= 11 is 1.73. The van der Waals surface area contributed by atoms with Gasteiger partial charge in [-0.1, -0.05) is 26.8 Å². The second-order valence-corrected chi connectivity index (χ2v) is 8.88. The van der Waals surface area contributed by atoms with E-state index in [1.54, 1.807) is 11.3 Å². The average Bonchev–Trinajstić information content (AvgIpc) is 3.14. The molecule has 0 bridgehead atoms. The Labute approximate surface area is 171 Å². The topological polar surface area (TPSA) is 59.0 Å². The molecule has 28 heavy (non-hydrogen) atoms. The zero-order chi connectivity index (χ0) is 20.1. The van der Waals surface area contributed by atoms with Gasteiger partial charge >= 0.3 is 0 Å². The van der Waals surface area contributed by atoms with Crippen LogP contribution in [0, 0.1) is 0 Å². The quantitative estimate of drug-likeness (QED) is 0.613. The number of nitrogens with one attached hydrogen (secondary N) is 1. The Morgan fingerprint density at radius 1 is 1.25 bits per heavy atom. The lowest BCUT2D eigenvalue weighted by atomic mass is 9.93. The first kappa shape index (κ1) is 20.5. The van der Waals surface area contributed by atoms with Gasteiger partial charge in [-0.05, 0) is 17.7 Å². The van der Waals surface area contributed by atoms with Crippen LogP contribution in [0.4, 0.5) is 0 Å². The second kappa shape index (κ2) is 8.82. The summed E-state index contributed by atoms with van der Waals surface area (Å²) < 4.78 is 11.3. The maximum absolute atomic E-state index is 5.68. The lowest BCUT2D eigenvalue weighted by molar-refractivity contribution is 0.171. The van der Waals surface area contributed by atoms with Gasteiger partial charge in [-0.2, -0.15) is 0 Å². The number of hydrogen-bond acceptors (Lipinski definition) is 5. The van der Waals surface area contributed by atoms with Gasteiger partial charge in [0.05, 0.1) is 10.7 Å². The minimum Gasteiger partial charge on any atom is -0.486 e. The predicted molar refractivity (Wildman–Crippen MR) is 115 cm³/mol. The molecular formula is C21H30N4O2S. The van der Waals surface area contributed by atoms with Crippen LogP contribution in [0.1, 0.15) is 37.0 Å². The number of hydrogen-bond donors (Lipinski definition) is 1. The number of aliphatic imine (C=N–C) groups is 1. The van der Waals surface area contributed by atoms with Crippen molar-refractivity contribution in [2.45, 2.75) is 39.2 Å². The first-order valence-corrected chi connectivity index (χ1v) is 10.5. The molecule has 0 atom stereocenters. The van der Waals surface area contributed by atoms with E-state index in [2.05, 4.69) is 47.4 Å². The lowest BCUT2D eigenvalue weighted by Gasteiger charge is -2.23. The van der Waals surface area contributed by atoms with E-state index in [-0.39, 0.29) is 5.41 Å². The summed E-state index contributed by atoms with van der Waals surface area (Å²) in [5, 5.41) is 6.75. The average molecular weight is 403 g/mol. The Morgan fingerprint density at radius 2 is 2.00 bits per heavy atom. The van der Waals surface area contributed by atoms with E-state index in [9.17, 15) is 0 Å². The molecule has 1 aromatic carbocycles. The van der Waals surface area contributed by atoms with Gasteiger partial charge in [-0.25, -0.2) is 4.98 Å². The molecule has 152 valence electrons. The van der Waals surface area contributed by atoms with E-state index >= 15 is 0 Å². The highest BCUT2D eigenvalue weighted by Crippen LogP contribution is 2.31. The highest BCUT2D eigenvalue weighted by molar-refractivity contribution is 7.09. The van der Waals surface area contributed by atoms with Crippen molar-refractivity contribution in [2.75, 3.05) is 33.9 Å². The van der Waals surface area contributed by atoms with Gasteiger partial charge in [-0.15, -0.1) is 11.3 Å². The van der Waals surface area contributed by atoms with Gasteiger partial charge in [0.2, 0.25) is 0 Å². The Morgan fingerprint density at radius 3 is 2.68 bits per heavy atom. The molecule has 7 heteroatoms. The number of aromatic nitrogens is 1. The van der Waals surface area contributed by atoms with Crippen molar-refractivity contribution < 1.29 is 9.47 Å². The maximum Gasteiger partial charge on any atom is 0.193 e. The van der Waals surface area contributed by atoms with Gasteiger partial charge < -0.3 is 19.7 Å². The zero-order valence-corrected chi connectivity index (χ0v) is 18.2. The Balaban J connectivity index is 1.52. The molecule has 3 rings (SSSR count). The summed E-state index contributed by atoms with van der Waals surface area (Å²) in [5.74, 6) is 2.50. The fourth-order valence-electron chi connectivity index (χ4n) is 2.97. The van der Waals surface area contributed by atoms with Gasteiger partial charge in [0, 0.05) is 44.4 Å². The normalized spacial score (nSPS) is 14.1. The van der Waals surface area contributed by atoms with Crippen LogP contribution in [-0.4, -0.2) is 49.7 Å². The number of ether oxygens (including phenoxy) is 2. The number of thiazole rings is 1. The van der Waals surface area contributed by atoms with E-state index in [0.717, 1.165) is 53.2 Å². The van der Waals surface area contributed by atoms with Crippen molar-refractivity contribution >= 4 is 17.3 Å². The molecule has 2 heterocycles. The fourth-order valence-corrected chi connectivity index (χ4v) is 4.00. The maximum atomic E-state index is 5.68. The van der Waals surface area contributed by atoms with Gasteiger partial charge in [-0.3, -0.25) is 4.99 Å².